The minimum Gasteiger partial charge on any atom is -0.466 e. The number of halogens is 3. The lowest BCUT2D eigenvalue weighted by Crippen LogP contribution is -2.43. The highest BCUT2D eigenvalue weighted by atomic mass is 35.5. The topological polar surface area (TPSA) is 72.9 Å². The molecule has 0 N–H and O–H groups in total. The van der Waals surface area contributed by atoms with Gasteiger partial charge in [0.1, 0.15) is 28.9 Å². The number of hydrogen-bond donors (Lipinski definition) is 0. The summed E-state index contributed by atoms with van der Waals surface area (Å²) >= 11 is 5.52. The molecule has 0 spiro atoms. The van der Waals surface area contributed by atoms with E-state index < -0.39 is 40.7 Å². The molecular weight excluding hydrogens is 384 g/mol. The van der Waals surface area contributed by atoms with Crippen molar-refractivity contribution in [1.82, 2.24) is 4.90 Å². The van der Waals surface area contributed by atoms with Gasteiger partial charge in [-0.05, 0) is 37.5 Å². The van der Waals surface area contributed by atoms with Gasteiger partial charge in [-0.1, -0.05) is 11.6 Å². The molecule has 27 heavy (non-hydrogen) atoms. The van der Waals surface area contributed by atoms with Crippen molar-refractivity contribution in [3.63, 3.8) is 0 Å². The van der Waals surface area contributed by atoms with Crippen LogP contribution in [0.3, 0.4) is 0 Å². The number of carbonyl (C=O) groups is 3. The highest BCUT2D eigenvalue weighted by Gasteiger charge is 2.37. The zero-order chi connectivity index (χ0) is 20.1. The van der Waals surface area contributed by atoms with E-state index in [0.717, 1.165) is 12.1 Å². The molecule has 1 fully saturated rings. The molecule has 0 radical (unpaired) electrons. The minimum atomic E-state index is -0.962. The minimum absolute atomic E-state index is 0.105. The Morgan fingerprint density at radius 3 is 2.44 bits per heavy atom. The van der Waals surface area contributed by atoms with Crippen molar-refractivity contribution in [1.29, 1.82) is 0 Å². The number of likely N-dealkylation sites (tertiary alicyclic amines) is 1. The van der Waals surface area contributed by atoms with Gasteiger partial charge in [0.25, 0.3) is 0 Å². The van der Waals surface area contributed by atoms with Crippen molar-refractivity contribution in [2.24, 2.45) is 5.92 Å². The average Bonchev–Trinajstić information content (AvgIpc) is 2.64. The third kappa shape index (κ3) is 4.94. The molecule has 1 aromatic rings. The fourth-order valence-corrected chi connectivity index (χ4v) is 3.28. The Kier molecular flexibility index (Phi) is 7.12. The Morgan fingerprint density at radius 2 is 1.89 bits per heavy atom. The normalized spacial score (nSPS) is 19.5. The second-order valence-electron chi connectivity index (χ2n) is 6.15. The standard InChI is InChI=1S/C18H20ClF2NO5/c1-3-27-16(24)9-15(23)10-4-5-22(18(25)26-2)14(8-10)11-6-12(20)17(19)13(21)7-11/h6-7,10,14H,3-5,8-9H2,1-2H3. The lowest BCUT2D eigenvalue weighted by atomic mass is 9.84. The molecule has 0 aliphatic carbocycles. The maximum absolute atomic E-state index is 13.9. The molecule has 2 atom stereocenters. The number of rotatable bonds is 5. The predicted octanol–water partition coefficient (Wildman–Crippen LogP) is 3.66. The first-order chi connectivity index (χ1) is 12.8. The van der Waals surface area contributed by atoms with Gasteiger partial charge in [0.05, 0.1) is 19.8 Å². The van der Waals surface area contributed by atoms with Gasteiger partial charge in [0, 0.05) is 12.5 Å². The van der Waals surface area contributed by atoms with Crippen LogP contribution in [-0.4, -0.2) is 43.0 Å². The third-order valence-electron chi connectivity index (χ3n) is 4.48. The molecule has 0 aromatic heterocycles. The highest BCUT2D eigenvalue weighted by molar-refractivity contribution is 6.30. The number of benzene rings is 1. The van der Waals surface area contributed by atoms with E-state index in [1.807, 2.05) is 0 Å². The second-order valence-corrected chi connectivity index (χ2v) is 6.53. The summed E-state index contributed by atoms with van der Waals surface area (Å²) in [4.78, 5) is 37.3. The van der Waals surface area contributed by atoms with E-state index in [1.165, 1.54) is 12.0 Å². The zero-order valence-electron chi connectivity index (χ0n) is 15.0. The molecule has 1 saturated heterocycles. The van der Waals surface area contributed by atoms with Crippen molar-refractivity contribution < 1.29 is 32.6 Å². The molecule has 1 aliphatic rings. The van der Waals surface area contributed by atoms with E-state index in [-0.39, 0.29) is 37.3 Å². The first kappa shape index (κ1) is 21.1. The summed E-state index contributed by atoms with van der Waals surface area (Å²) in [6.07, 6.45) is -0.643. The van der Waals surface area contributed by atoms with Gasteiger partial charge in [-0.2, -0.15) is 0 Å². The van der Waals surface area contributed by atoms with Crippen molar-refractivity contribution in [3.8, 4) is 0 Å². The molecule has 6 nitrogen and oxygen atoms in total. The van der Waals surface area contributed by atoms with Crippen molar-refractivity contribution in [2.75, 3.05) is 20.3 Å². The number of hydrogen-bond acceptors (Lipinski definition) is 5. The largest absolute Gasteiger partial charge is 0.466 e. The molecule has 0 bridgehead atoms. The van der Waals surface area contributed by atoms with Crippen LogP contribution in [0.2, 0.25) is 5.02 Å². The molecule has 0 saturated carbocycles. The van der Waals surface area contributed by atoms with Gasteiger partial charge in [0.2, 0.25) is 0 Å². The lowest BCUT2D eigenvalue weighted by molar-refractivity contribution is -0.146. The van der Waals surface area contributed by atoms with Crippen molar-refractivity contribution in [2.45, 2.75) is 32.2 Å². The van der Waals surface area contributed by atoms with Gasteiger partial charge in [0.15, 0.2) is 0 Å². The Morgan fingerprint density at radius 1 is 1.26 bits per heavy atom. The maximum Gasteiger partial charge on any atom is 0.409 e. The number of methoxy groups -OCH3 is 1. The first-order valence-corrected chi connectivity index (χ1v) is 8.83. The first-order valence-electron chi connectivity index (χ1n) is 8.45. The Bertz CT molecular complexity index is 719. The van der Waals surface area contributed by atoms with Crippen LogP contribution in [-0.2, 0) is 19.1 Å². The number of esters is 1. The number of carbonyl (C=O) groups excluding carboxylic acids is 3. The summed E-state index contributed by atoms with van der Waals surface area (Å²) in [5.74, 6) is -3.44. The van der Waals surface area contributed by atoms with Crippen LogP contribution in [0, 0.1) is 17.6 Å². The van der Waals surface area contributed by atoms with Crippen LogP contribution in [0.5, 0.6) is 0 Å². The molecular formula is C18H20ClF2NO5. The number of ketones is 1. The van der Waals surface area contributed by atoms with Gasteiger partial charge >= 0.3 is 12.1 Å². The predicted molar refractivity (Wildman–Crippen MR) is 92.2 cm³/mol. The monoisotopic (exact) mass is 403 g/mol. The van der Waals surface area contributed by atoms with Gasteiger partial charge in [-0.15, -0.1) is 0 Å². The number of amides is 1. The van der Waals surface area contributed by atoms with Crippen LogP contribution in [0.1, 0.15) is 37.8 Å². The SMILES string of the molecule is CCOC(=O)CC(=O)C1CCN(C(=O)OC)C(c2cc(F)c(Cl)c(F)c2)C1. The van der Waals surface area contributed by atoms with Gasteiger partial charge in [-0.25, -0.2) is 13.6 Å². The summed E-state index contributed by atoms with van der Waals surface area (Å²) in [6, 6.07) is 1.28. The van der Waals surface area contributed by atoms with Gasteiger partial charge in [-0.3, -0.25) is 9.59 Å². The third-order valence-corrected chi connectivity index (χ3v) is 4.84. The summed E-state index contributed by atoms with van der Waals surface area (Å²) in [6.45, 7) is 1.94. The molecule has 1 heterocycles. The van der Waals surface area contributed by atoms with E-state index in [4.69, 9.17) is 21.1 Å². The molecule has 2 rings (SSSR count). The lowest BCUT2D eigenvalue weighted by Gasteiger charge is -2.38. The number of Topliss-reactive ketones (excluding diaryl/α,β-unsaturated/α-hetero) is 1. The molecule has 1 aromatic carbocycles. The van der Waals surface area contributed by atoms with E-state index in [1.54, 1.807) is 6.92 Å². The Labute approximate surface area is 160 Å². The van der Waals surface area contributed by atoms with Crippen molar-refractivity contribution in [3.05, 3.63) is 34.4 Å². The number of piperidine rings is 1. The summed E-state index contributed by atoms with van der Waals surface area (Å²) in [5.41, 5.74) is 0.161. The fourth-order valence-electron chi connectivity index (χ4n) is 3.18. The van der Waals surface area contributed by atoms with Crippen LogP contribution in [0.25, 0.3) is 0 Å². The van der Waals surface area contributed by atoms with E-state index in [9.17, 15) is 23.2 Å². The second kappa shape index (κ2) is 9.12. The summed E-state index contributed by atoms with van der Waals surface area (Å²) < 4.78 is 37.3. The van der Waals surface area contributed by atoms with E-state index >= 15 is 0 Å². The summed E-state index contributed by atoms with van der Waals surface area (Å²) in [5, 5.41) is -0.644. The molecule has 2 unspecified atom stereocenters. The van der Waals surface area contributed by atoms with E-state index in [2.05, 4.69) is 0 Å². The Hall–Kier alpha value is -2.22. The quantitative estimate of drug-likeness (QED) is 0.426. The Balaban J connectivity index is 2.27. The van der Waals surface area contributed by atoms with Crippen LogP contribution < -0.4 is 0 Å². The van der Waals surface area contributed by atoms with Gasteiger partial charge < -0.3 is 14.4 Å². The van der Waals surface area contributed by atoms with Crippen molar-refractivity contribution >= 4 is 29.4 Å². The van der Waals surface area contributed by atoms with Crippen LogP contribution in [0.4, 0.5) is 13.6 Å². The van der Waals surface area contributed by atoms with Crippen LogP contribution >= 0.6 is 11.6 Å². The van der Waals surface area contributed by atoms with E-state index in [0.29, 0.717) is 6.42 Å². The highest BCUT2D eigenvalue weighted by Crippen LogP contribution is 2.37. The fraction of sp³-hybridized carbons (Fsp3) is 0.500. The smallest absolute Gasteiger partial charge is 0.409 e. The summed E-state index contributed by atoms with van der Waals surface area (Å²) in [7, 11) is 1.19. The molecule has 148 valence electrons. The molecule has 1 amide bonds. The number of nitrogens with zero attached hydrogens (tertiary/aromatic N) is 1. The molecule has 9 heteroatoms. The average molecular weight is 404 g/mol. The zero-order valence-corrected chi connectivity index (χ0v) is 15.7. The maximum atomic E-state index is 13.9. The van der Waals surface area contributed by atoms with Crippen LogP contribution in [0.15, 0.2) is 12.1 Å². The molecule has 1 aliphatic heterocycles. The number of ether oxygens (including phenoxy) is 2.